The minimum atomic E-state index is -0.537. The van der Waals surface area contributed by atoms with Crippen molar-refractivity contribution < 1.29 is 9.90 Å². The molecule has 2 aromatic carbocycles. The van der Waals surface area contributed by atoms with Crippen molar-refractivity contribution in [1.29, 1.82) is 0 Å². The smallest absolute Gasteiger partial charge is 0.172 e. The van der Waals surface area contributed by atoms with Gasteiger partial charge < -0.3 is 5.11 Å². The third kappa shape index (κ3) is 2.78. The lowest BCUT2D eigenvalue weighted by atomic mass is 9.91. The third-order valence-corrected chi connectivity index (χ3v) is 3.08. The molecule has 1 atom stereocenters. The maximum absolute atomic E-state index is 12.3. The number of Topliss-reactive ketones (excluding diaryl/α,β-unsaturated/α-hetero) is 1. The van der Waals surface area contributed by atoms with Crippen LogP contribution in [-0.2, 0) is 0 Å². The molecular weight excluding hydrogens is 248 g/mol. The van der Waals surface area contributed by atoms with Crippen molar-refractivity contribution in [3.8, 4) is 0 Å². The first-order valence-electron chi connectivity index (χ1n) is 5.68. The van der Waals surface area contributed by atoms with Crippen LogP contribution >= 0.6 is 11.6 Å². The van der Waals surface area contributed by atoms with E-state index in [9.17, 15) is 9.90 Å². The Morgan fingerprint density at radius 3 is 2.22 bits per heavy atom. The summed E-state index contributed by atoms with van der Waals surface area (Å²) in [5, 5.41) is 10.0. The van der Waals surface area contributed by atoms with Gasteiger partial charge in [0.05, 0.1) is 12.5 Å². The number of aliphatic hydroxyl groups excluding tert-OH is 1. The molecule has 18 heavy (non-hydrogen) atoms. The Bertz CT molecular complexity index is 520. The number of benzene rings is 2. The van der Waals surface area contributed by atoms with Crippen molar-refractivity contribution in [1.82, 2.24) is 0 Å². The predicted octanol–water partition coefficient (Wildman–Crippen LogP) is 3.30. The standard InChI is InChI=1S/C15H13ClO2/c16-13-8-6-11(7-9-13)14(10-17)15(18)12-4-2-1-3-5-12/h1-9,14,17H,10H2. The summed E-state index contributed by atoms with van der Waals surface area (Å²) in [5.74, 6) is -0.620. The second-order valence-electron chi connectivity index (χ2n) is 4.02. The number of carbonyl (C=O) groups excluding carboxylic acids is 1. The van der Waals surface area contributed by atoms with Crippen LogP contribution in [0.2, 0.25) is 5.02 Å². The second-order valence-corrected chi connectivity index (χ2v) is 4.45. The highest BCUT2D eigenvalue weighted by Gasteiger charge is 2.20. The average molecular weight is 261 g/mol. The zero-order valence-electron chi connectivity index (χ0n) is 9.71. The third-order valence-electron chi connectivity index (χ3n) is 2.83. The fourth-order valence-electron chi connectivity index (χ4n) is 1.84. The van der Waals surface area contributed by atoms with Gasteiger partial charge in [-0.1, -0.05) is 54.1 Å². The molecule has 0 amide bonds. The highest BCUT2D eigenvalue weighted by Crippen LogP contribution is 2.22. The number of hydrogen-bond donors (Lipinski definition) is 1. The van der Waals surface area contributed by atoms with E-state index in [-0.39, 0.29) is 12.4 Å². The first kappa shape index (κ1) is 12.8. The second kappa shape index (κ2) is 5.80. The monoisotopic (exact) mass is 260 g/mol. The number of hydrogen-bond acceptors (Lipinski definition) is 2. The zero-order valence-corrected chi connectivity index (χ0v) is 10.5. The van der Waals surface area contributed by atoms with Gasteiger partial charge in [-0.25, -0.2) is 0 Å². The maximum atomic E-state index is 12.3. The fourth-order valence-corrected chi connectivity index (χ4v) is 1.96. The van der Waals surface area contributed by atoms with E-state index in [1.165, 1.54) is 0 Å². The van der Waals surface area contributed by atoms with Gasteiger partial charge in [0.1, 0.15) is 0 Å². The molecule has 0 heterocycles. The summed E-state index contributed by atoms with van der Waals surface area (Å²) in [7, 11) is 0. The summed E-state index contributed by atoms with van der Waals surface area (Å²) >= 11 is 5.81. The molecule has 2 aromatic rings. The van der Waals surface area contributed by atoms with E-state index in [1.54, 1.807) is 36.4 Å². The molecule has 2 nitrogen and oxygen atoms in total. The Kier molecular flexibility index (Phi) is 4.13. The molecule has 92 valence electrons. The Hall–Kier alpha value is -1.64. The first-order chi connectivity index (χ1) is 8.72. The maximum Gasteiger partial charge on any atom is 0.172 e. The molecule has 0 aromatic heterocycles. The van der Waals surface area contributed by atoms with Crippen molar-refractivity contribution in [3.63, 3.8) is 0 Å². The Balaban J connectivity index is 2.29. The van der Waals surface area contributed by atoms with Crippen molar-refractivity contribution in [2.75, 3.05) is 6.61 Å². The van der Waals surface area contributed by atoms with Gasteiger partial charge >= 0.3 is 0 Å². The molecule has 0 saturated heterocycles. The lowest BCUT2D eigenvalue weighted by Crippen LogP contribution is -2.16. The molecule has 0 aliphatic rings. The lowest BCUT2D eigenvalue weighted by Gasteiger charge is -2.13. The molecule has 0 aliphatic carbocycles. The van der Waals surface area contributed by atoms with Crippen LogP contribution in [0.3, 0.4) is 0 Å². The summed E-state index contributed by atoms with van der Waals surface area (Å²) in [6.45, 7) is -0.213. The molecule has 2 rings (SSSR count). The van der Waals surface area contributed by atoms with Gasteiger partial charge in [-0.2, -0.15) is 0 Å². The Labute approximate surface area is 111 Å². The number of aliphatic hydroxyl groups is 1. The lowest BCUT2D eigenvalue weighted by molar-refractivity contribution is 0.0922. The topological polar surface area (TPSA) is 37.3 Å². The number of halogens is 1. The molecule has 0 saturated carbocycles. The van der Waals surface area contributed by atoms with Crippen molar-refractivity contribution in [2.45, 2.75) is 5.92 Å². The fraction of sp³-hybridized carbons (Fsp3) is 0.133. The van der Waals surface area contributed by atoms with E-state index in [2.05, 4.69) is 0 Å². The van der Waals surface area contributed by atoms with Crippen LogP contribution in [0.15, 0.2) is 54.6 Å². The normalized spacial score (nSPS) is 12.1. The van der Waals surface area contributed by atoms with E-state index in [1.807, 2.05) is 18.2 Å². The summed E-state index contributed by atoms with van der Waals surface area (Å²) in [6, 6.07) is 16.0. The molecular formula is C15H13ClO2. The van der Waals surface area contributed by atoms with Crippen LogP contribution in [0.25, 0.3) is 0 Å². The zero-order chi connectivity index (χ0) is 13.0. The molecule has 0 radical (unpaired) electrons. The van der Waals surface area contributed by atoms with E-state index in [0.717, 1.165) is 5.56 Å². The number of carbonyl (C=O) groups is 1. The van der Waals surface area contributed by atoms with Gasteiger partial charge in [-0.3, -0.25) is 4.79 Å². The molecule has 0 aliphatic heterocycles. The van der Waals surface area contributed by atoms with Gasteiger partial charge in [0, 0.05) is 10.6 Å². The van der Waals surface area contributed by atoms with Gasteiger partial charge in [-0.05, 0) is 17.7 Å². The summed E-state index contributed by atoms with van der Waals surface area (Å²) in [4.78, 5) is 12.3. The van der Waals surface area contributed by atoms with Gasteiger partial charge in [-0.15, -0.1) is 0 Å². The summed E-state index contributed by atoms with van der Waals surface area (Å²) in [6.07, 6.45) is 0. The van der Waals surface area contributed by atoms with Crippen LogP contribution in [0.5, 0.6) is 0 Å². The predicted molar refractivity (Wildman–Crippen MR) is 72.1 cm³/mol. The van der Waals surface area contributed by atoms with Crippen LogP contribution < -0.4 is 0 Å². The van der Waals surface area contributed by atoms with Crippen LogP contribution in [0.1, 0.15) is 21.8 Å². The highest BCUT2D eigenvalue weighted by molar-refractivity contribution is 6.30. The van der Waals surface area contributed by atoms with Crippen LogP contribution in [0, 0.1) is 0 Å². The van der Waals surface area contributed by atoms with Crippen LogP contribution in [0.4, 0.5) is 0 Å². The van der Waals surface area contributed by atoms with Gasteiger partial charge in [0.15, 0.2) is 5.78 Å². The molecule has 0 spiro atoms. The number of rotatable bonds is 4. The van der Waals surface area contributed by atoms with E-state index in [0.29, 0.717) is 10.6 Å². The molecule has 1 unspecified atom stereocenters. The Morgan fingerprint density at radius 1 is 1.06 bits per heavy atom. The van der Waals surface area contributed by atoms with Gasteiger partial charge in [0.2, 0.25) is 0 Å². The molecule has 0 fully saturated rings. The molecule has 1 N–H and O–H groups in total. The van der Waals surface area contributed by atoms with E-state index < -0.39 is 5.92 Å². The van der Waals surface area contributed by atoms with Crippen molar-refractivity contribution in [2.24, 2.45) is 0 Å². The molecule has 3 heteroatoms. The number of ketones is 1. The Morgan fingerprint density at radius 2 is 1.67 bits per heavy atom. The summed E-state index contributed by atoms with van der Waals surface area (Å²) < 4.78 is 0. The molecule has 0 bridgehead atoms. The minimum absolute atomic E-state index is 0.0829. The quantitative estimate of drug-likeness (QED) is 0.857. The minimum Gasteiger partial charge on any atom is -0.395 e. The highest BCUT2D eigenvalue weighted by atomic mass is 35.5. The largest absolute Gasteiger partial charge is 0.395 e. The first-order valence-corrected chi connectivity index (χ1v) is 6.05. The average Bonchev–Trinajstić information content (AvgIpc) is 2.42. The van der Waals surface area contributed by atoms with Crippen molar-refractivity contribution >= 4 is 17.4 Å². The van der Waals surface area contributed by atoms with E-state index in [4.69, 9.17) is 11.6 Å². The van der Waals surface area contributed by atoms with Crippen molar-refractivity contribution in [3.05, 3.63) is 70.7 Å². The van der Waals surface area contributed by atoms with Crippen LogP contribution in [-0.4, -0.2) is 17.5 Å². The van der Waals surface area contributed by atoms with E-state index >= 15 is 0 Å². The van der Waals surface area contributed by atoms with Gasteiger partial charge in [0.25, 0.3) is 0 Å². The summed E-state index contributed by atoms with van der Waals surface area (Å²) in [5.41, 5.74) is 1.38. The SMILES string of the molecule is O=C(c1ccccc1)C(CO)c1ccc(Cl)cc1.